The smallest absolute Gasteiger partial charge is 0.246 e. The molecule has 0 aromatic heterocycles. The number of hydrogen-bond acceptors (Lipinski definition) is 4. The molecule has 2 aromatic rings. The number of nitrogens with zero attached hydrogens (tertiary/aromatic N) is 2. The zero-order chi connectivity index (χ0) is 19.7. The number of carbonyl (C=O) groups is 2. The van der Waals surface area contributed by atoms with Crippen LogP contribution in [0.1, 0.15) is 11.1 Å². The van der Waals surface area contributed by atoms with Crippen molar-refractivity contribution in [3.8, 4) is 5.75 Å². The molecule has 2 amide bonds. The number of carbonyl (C=O) groups excluding carboxylic acids is 2. The molecule has 146 valence electrons. The third-order valence-corrected chi connectivity index (χ3v) is 5.34. The number of amides is 2. The summed E-state index contributed by atoms with van der Waals surface area (Å²) in [5.41, 5.74) is 1.72. The van der Waals surface area contributed by atoms with E-state index in [-0.39, 0.29) is 23.4 Å². The topological polar surface area (TPSA) is 72.9 Å². The first-order valence-electron chi connectivity index (χ1n) is 9.35. The van der Waals surface area contributed by atoms with Crippen LogP contribution >= 0.6 is 0 Å². The lowest BCUT2D eigenvalue weighted by molar-refractivity contribution is -0.153. The van der Waals surface area contributed by atoms with Crippen LogP contribution in [0.5, 0.6) is 5.75 Å². The molecule has 0 radical (unpaired) electrons. The molecule has 7 heteroatoms. The molecule has 28 heavy (non-hydrogen) atoms. The SMILES string of the molecule is O=C1N[C@H](Cc2ccc(O)cc2)C(=O)N2CCN(Cc3cccc(F)c3)C[C@H]12. The highest BCUT2D eigenvalue weighted by Crippen LogP contribution is 2.20. The summed E-state index contributed by atoms with van der Waals surface area (Å²) in [6.07, 6.45) is 0.390. The fraction of sp³-hybridized carbons (Fsp3) is 0.333. The van der Waals surface area contributed by atoms with Gasteiger partial charge in [0, 0.05) is 32.6 Å². The van der Waals surface area contributed by atoms with E-state index in [0.29, 0.717) is 32.6 Å². The molecule has 2 fully saturated rings. The van der Waals surface area contributed by atoms with Gasteiger partial charge < -0.3 is 15.3 Å². The van der Waals surface area contributed by atoms with Crippen LogP contribution in [0, 0.1) is 5.82 Å². The number of hydrogen-bond donors (Lipinski definition) is 2. The van der Waals surface area contributed by atoms with Crippen molar-refractivity contribution in [2.24, 2.45) is 0 Å². The van der Waals surface area contributed by atoms with Crippen LogP contribution in [-0.2, 0) is 22.6 Å². The predicted molar refractivity (Wildman–Crippen MR) is 101 cm³/mol. The summed E-state index contributed by atoms with van der Waals surface area (Å²) in [4.78, 5) is 29.3. The molecule has 2 atom stereocenters. The van der Waals surface area contributed by atoms with Gasteiger partial charge in [0.05, 0.1) is 0 Å². The number of halogens is 1. The Morgan fingerprint density at radius 3 is 2.61 bits per heavy atom. The maximum atomic E-state index is 13.4. The van der Waals surface area contributed by atoms with Crippen molar-refractivity contribution < 1.29 is 19.1 Å². The number of rotatable bonds is 4. The summed E-state index contributed by atoms with van der Waals surface area (Å²) in [7, 11) is 0. The zero-order valence-corrected chi connectivity index (χ0v) is 15.3. The minimum Gasteiger partial charge on any atom is -0.508 e. The Hall–Kier alpha value is -2.93. The largest absolute Gasteiger partial charge is 0.508 e. The Balaban J connectivity index is 1.41. The minimum absolute atomic E-state index is 0.0805. The minimum atomic E-state index is -0.594. The van der Waals surface area contributed by atoms with E-state index >= 15 is 0 Å². The highest BCUT2D eigenvalue weighted by atomic mass is 19.1. The van der Waals surface area contributed by atoms with Crippen LogP contribution in [0.2, 0.25) is 0 Å². The summed E-state index contributed by atoms with van der Waals surface area (Å²) in [5, 5.41) is 12.2. The van der Waals surface area contributed by atoms with Crippen LogP contribution < -0.4 is 5.32 Å². The molecule has 2 aliphatic rings. The molecule has 0 saturated carbocycles. The number of piperazine rings is 2. The lowest BCUT2D eigenvalue weighted by Crippen LogP contribution is -2.69. The molecule has 4 rings (SSSR count). The summed E-state index contributed by atoms with van der Waals surface area (Å²) >= 11 is 0. The molecule has 0 spiro atoms. The standard InChI is InChI=1S/C21H22FN3O3/c22-16-3-1-2-15(10-16)12-24-8-9-25-19(13-24)20(27)23-18(21(25)28)11-14-4-6-17(26)7-5-14/h1-7,10,18-19,26H,8-9,11-13H2,(H,23,27)/t18-,19-/m1/s1. The molecule has 2 heterocycles. The molecule has 2 N–H and O–H groups in total. The second kappa shape index (κ2) is 7.59. The maximum absolute atomic E-state index is 13.4. The van der Waals surface area contributed by atoms with Crippen molar-refractivity contribution in [3.63, 3.8) is 0 Å². The molecule has 2 saturated heterocycles. The van der Waals surface area contributed by atoms with Crippen LogP contribution in [0.15, 0.2) is 48.5 Å². The Bertz CT molecular complexity index is 887. The van der Waals surface area contributed by atoms with Crippen LogP contribution in [0.25, 0.3) is 0 Å². The lowest BCUT2D eigenvalue weighted by atomic mass is 9.98. The molecule has 0 bridgehead atoms. The van der Waals surface area contributed by atoms with Gasteiger partial charge in [-0.25, -0.2) is 4.39 Å². The Labute approximate surface area is 162 Å². The molecule has 0 unspecified atom stereocenters. The quantitative estimate of drug-likeness (QED) is 0.835. The van der Waals surface area contributed by atoms with Crippen molar-refractivity contribution in [1.29, 1.82) is 0 Å². The van der Waals surface area contributed by atoms with Gasteiger partial charge in [-0.05, 0) is 35.4 Å². The van der Waals surface area contributed by atoms with E-state index in [0.717, 1.165) is 11.1 Å². The summed E-state index contributed by atoms with van der Waals surface area (Å²) in [5.74, 6) is -0.355. The Morgan fingerprint density at radius 1 is 1.07 bits per heavy atom. The first kappa shape index (κ1) is 18.4. The second-order valence-corrected chi connectivity index (χ2v) is 7.34. The maximum Gasteiger partial charge on any atom is 0.246 e. The van der Waals surface area contributed by atoms with Gasteiger partial charge in [-0.3, -0.25) is 14.5 Å². The predicted octanol–water partition coefficient (Wildman–Crippen LogP) is 1.29. The van der Waals surface area contributed by atoms with E-state index in [9.17, 15) is 19.1 Å². The molecule has 6 nitrogen and oxygen atoms in total. The van der Waals surface area contributed by atoms with Crippen molar-refractivity contribution >= 4 is 11.8 Å². The van der Waals surface area contributed by atoms with E-state index in [4.69, 9.17) is 0 Å². The lowest BCUT2D eigenvalue weighted by Gasteiger charge is -2.45. The van der Waals surface area contributed by atoms with Gasteiger partial charge in [0.15, 0.2) is 0 Å². The van der Waals surface area contributed by atoms with Crippen molar-refractivity contribution in [3.05, 3.63) is 65.5 Å². The number of phenolic OH excluding ortho intramolecular Hbond substituents is 1. The molecular formula is C21H22FN3O3. The first-order valence-corrected chi connectivity index (χ1v) is 9.35. The summed E-state index contributed by atoms with van der Waals surface area (Å²) in [6.45, 7) is 2.08. The monoisotopic (exact) mass is 383 g/mol. The van der Waals surface area contributed by atoms with Gasteiger partial charge in [-0.1, -0.05) is 24.3 Å². The third-order valence-electron chi connectivity index (χ3n) is 5.34. The van der Waals surface area contributed by atoms with Gasteiger partial charge in [0.2, 0.25) is 11.8 Å². The normalized spacial score (nSPS) is 22.7. The van der Waals surface area contributed by atoms with E-state index < -0.39 is 12.1 Å². The molecule has 2 aromatic carbocycles. The fourth-order valence-electron chi connectivity index (χ4n) is 3.90. The third kappa shape index (κ3) is 3.84. The Kier molecular flexibility index (Phi) is 5.00. The van der Waals surface area contributed by atoms with Gasteiger partial charge in [0.1, 0.15) is 23.7 Å². The van der Waals surface area contributed by atoms with Gasteiger partial charge in [0.25, 0.3) is 0 Å². The molecular weight excluding hydrogens is 361 g/mol. The summed E-state index contributed by atoms with van der Waals surface area (Å²) < 4.78 is 13.4. The number of benzene rings is 2. The van der Waals surface area contributed by atoms with E-state index in [1.807, 2.05) is 6.07 Å². The van der Waals surface area contributed by atoms with Crippen molar-refractivity contribution in [2.75, 3.05) is 19.6 Å². The Morgan fingerprint density at radius 2 is 1.86 bits per heavy atom. The number of fused-ring (bicyclic) bond motifs is 1. The highest BCUT2D eigenvalue weighted by Gasteiger charge is 2.43. The van der Waals surface area contributed by atoms with Crippen LogP contribution in [0.3, 0.4) is 0 Å². The van der Waals surface area contributed by atoms with Crippen molar-refractivity contribution in [2.45, 2.75) is 25.0 Å². The van der Waals surface area contributed by atoms with E-state index in [1.165, 1.54) is 12.1 Å². The van der Waals surface area contributed by atoms with E-state index in [2.05, 4.69) is 10.2 Å². The summed E-state index contributed by atoms with van der Waals surface area (Å²) in [6, 6.07) is 11.9. The van der Waals surface area contributed by atoms with Crippen LogP contribution in [-0.4, -0.2) is 58.4 Å². The average Bonchev–Trinajstić information content (AvgIpc) is 2.68. The average molecular weight is 383 g/mol. The number of aromatic hydroxyl groups is 1. The number of nitrogens with one attached hydrogen (secondary N) is 1. The first-order chi connectivity index (χ1) is 13.5. The fourth-order valence-corrected chi connectivity index (χ4v) is 3.90. The van der Waals surface area contributed by atoms with Crippen LogP contribution in [0.4, 0.5) is 4.39 Å². The zero-order valence-electron chi connectivity index (χ0n) is 15.3. The highest BCUT2D eigenvalue weighted by molar-refractivity contribution is 5.97. The number of phenols is 1. The van der Waals surface area contributed by atoms with Crippen molar-refractivity contribution in [1.82, 2.24) is 15.1 Å². The van der Waals surface area contributed by atoms with Gasteiger partial charge >= 0.3 is 0 Å². The molecule has 0 aliphatic carbocycles. The second-order valence-electron chi connectivity index (χ2n) is 7.34. The van der Waals surface area contributed by atoms with Gasteiger partial charge in [-0.15, -0.1) is 0 Å². The van der Waals surface area contributed by atoms with E-state index in [1.54, 1.807) is 35.2 Å². The van der Waals surface area contributed by atoms with Gasteiger partial charge in [-0.2, -0.15) is 0 Å². The molecule has 2 aliphatic heterocycles.